The number of carboxylic acids is 2. The standard InChI is InChI=1S/C24H20O6/c25-21(17-11-13-19(14-12-17)30-18-9-5-2-6-10-18)15-20(16-7-3-1-4-8-16)22(23(26)27)24(28)29/h1-14,20,22H,15H2,(H,26,27)(H,28,29). The fraction of sp³-hybridized carbons (Fsp3) is 0.125. The molecule has 3 aromatic rings. The molecule has 0 fully saturated rings. The first-order valence-electron chi connectivity index (χ1n) is 9.32. The Morgan fingerprint density at radius 3 is 1.73 bits per heavy atom. The average molecular weight is 404 g/mol. The maximum Gasteiger partial charge on any atom is 0.318 e. The Balaban J connectivity index is 1.80. The summed E-state index contributed by atoms with van der Waals surface area (Å²) in [7, 11) is 0. The van der Waals surface area contributed by atoms with Crippen molar-refractivity contribution in [2.75, 3.05) is 0 Å². The van der Waals surface area contributed by atoms with E-state index in [2.05, 4.69) is 0 Å². The zero-order chi connectivity index (χ0) is 21.5. The van der Waals surface area contributed by atoms with E-state index in [1.165, 1.54) is 0 Å². The third-order valence-electron chi connectivity index (χ3n) is 4.72. The van der Waals surface area contributed by atoms with E-state index in [4.69, 9.17) is 4.74 Å². The lowest BCUT2D eigenvalue weighted by Crippen LogP contribution is -2.31. The molecule has 0 amide bonds. The number of hydrogen-bond donors (Lipinski definition) is 2. The minimum absolute atomic E-state index is 0.244. The highest BCUT2D eigenvalue weighted by Crippen LogP contribution is 2.31. The summed E-state index contributed by atoms with van der Waals surface area (Å²) in [6.45, 7) is 0. The number of Topliss-reactive ketones (excluding diaryl/α,β-unsaturated/α-hetero) is 1. The molecule has 0 radical (unpaired) electrons. The number of carbonyl (C=O) groups is 3. The monoisotopic (exact) mass is 404 g/mol. The second kappa shape index (κ2) is 9.52. The van der Waals surface area contributed by atoms with E-state index >= 15 is 0 Å². The Hall–Kier alpha value is -3.93. The molecule has 6 heteroatoms. The number of hydrogen-bond acceptors (Lipinski definition) is 4. The maximum atomic E-state index is 12.8. The lowest BCUT2D eigenvalue weighted by atomic mass is 9.81. The van der Waals surface area contributed by atoms with Gasteiger partial charge < -0.3 is 14.9 Å². The Morgan fingerprint density at radius 1 is 0.700 bits per heavy atom. The van der Waals surface area contributed by atoms with Crippen LogP contribution in [0, 0.1) is 5.92 Å². The molecule has 1 unspecified atom stereocenters. The van der Waals surface area contributed by atoms with Crippen LogP contribution < -0.4 is 4.74 Å². The molecule has 1 atom stereocenters. The third-order valence-corrected chi connectivity index (χ3v) is 4.72. The quantitative estimate of drug-likeness (QED) is 0.399. The summed E-state index contributed by atoms with van der Waals surface area (Å²) in [6, 6.07) is 24.0. The predicted octanol–water partition coefficient (Wildman–Crippen LogP) is 4.62. The van der Waals surface area contributed by atoms with Crippen LogP contribution in [0.2, 0.25) is 0 Å². The van der Waals surface area contributed by atoms with Gasteiger partial charge in [0.1, 0.15) is 11.5 Å². The van der Waals surface area contributed by atoms with E-state index in [1.807, 2.05) is 30.3 Å². The molecule has 0 aliphatic rings. The molecule has 0 aliphatic carbocycles. The second-order valence-electron chi connectivity index (χ2n) is 6.74. The van der Waals surface area contributed by atoms with Crippen molar-refractivity contribution in [1.82, 2.24) is 0 Å². The van der Waals surface area contributed by atoms with Gasteiger partial charge in [0.15, 0.2) is 11.7 Å². The number of ketones is 1. The van der Waals surface area contributed by atoms with E-state index in [0.717, 1.165) is 0 Å². The maximum absolute atomic E-state index is 12.8. The minimum atomic E-state index is -1.72. The van der Waals surface area contributed by atoms with Crippen LogP contribution in [0.5, 0.6) is 11.5 Å². The number of para-hydroxylation sites is 1. The zero-order valence-electron chi connectivity index (χ0n) is 16.0. The van der Waals surface area contributed by atoms with E-state index in [0.29, 0.717) is 22.6 Å². The Labute approximate surface area is 173 Å². The molecule has 3 aromatic carbocycles. The normalized spacial score (nSPS) is 11.6. The zero-order valence-corrected chi connectivity index (χ0v) is 16.0. The van der Waals surface area contributed by atoms with Crippen LogP contribution >= 0.6 is 0 Å². The molecule has 0 saturated carbocycles. The van der Waals surface area contributed by atoms with Crippen molar-refractivity contribution in [1.29, 1.82) is 0 Å². The van der Waals surface area contributed by atoms with Gasteiger partial charge >= 0.3 is 11.9 Å². The Kier molecular flexibility index (Phi) is 6.60. The molecular formula is C24H20O6. The summed E-state index contributed by atoms with van der Waals surface area (Å²) in [6.07, 6.45) is -0.244. The molecule has 6 nitrogen and oxygen atoms in total. The Morgan fingerprint density at radius 2 is 1.20 bits per heavy atom. The molecule has 3 rings (SSSR count). The summed E-state index contributed by atoms with van der Waals surface area (Å²) in [4.78, 5) is 36.0. The molecule has 0 spiro atoms. The summed E-state index contributed by atoms with van der Waals surface area (Å²) in [5.41, 5.74) is 0.843. The average Bonchev–Trinajstić information content (AvgIpc) is 2.74. The highest BCUT2D eigenvalue weighted by molar-refractivity contribution is 5.99. The summed E-state index contributed by atoms with van der Waals surface area (Å²) in [5.74, 6) is -4.81. The van der Waals surface area contributed by atoms with Crippen molar-refractivity contribution in [3.63, 3.8) is 0 Å². The van der Waals surface area contributed by atoms with Crippen LogP contribution in [0.25, 0.3) is 0 Å². The summed E-state index contributed by atoms with van der Waals surface area (Å²) >= 11 is 0. The lowest BCUT2D eigenvalue weighted by molar-refractivity contribution is -0.155. The van der Waals surface area contributed by atoms with Gasteiger partial charge in [0, 0.05) is 17.9 Å². The van der Waals surface area contributed by atoms with E-state index in [9.17, 15) is 24.6 Å². The number of benzene rings is 3. The van der Waals surface area contributed by atoms with Crippen LogP contribution in [0.1, 0.15) is 28.3 Å². The minimum Gasteiger partial charge on any atom is -0.481 e. The summed E-state index contributed by atoms with van der Waals surface area (Å²) < 4.78 is 5.70. The van der Waals surface area contributed by atoms with Crippen LogP contribution in [0.3, 0.4) is 0 Å². The molecule has 152 valence electrons. The Bertz CT molecular complexity index is 999. The van der Waals surface area contributed by atoms with Crippen molar-refractivity contribution in [2.45, 2.75) is 12.3 Å². The molecule has 0 aliphatic heterocycles. The van der Waals surface area contributed by atoms with Gasteiger partial charge in [0.25, 0.3) is 0 Å². The van der Waals surface area contributed by atoms with E-state index in [-0.39, 0.29) is 12.2 Å². The second-order valence-corrected chi connectivity index (χ2v) is 6.74. The van der Waals surface area contributed by atoms with Gasteiger partial charge in [-0.1, -0.05) is 48.5 Å². The largest absolute Gasteiger partial charge is 0.481 e. The van der Waals surface area contributed by atoms with Gasteiger partial charge in [0.2, 0.25) is 0 Å². The summed E-state index contributed by atoms with van der Waals surface area (Å²) in [5, 5.41) is 18.9. The van der Waals surface area contributed by atoms with E-state index in [1.54, 1.807) is 54.6 Å². The van der Waals surface area contributed by atoms with Gasteiger partial charge in [0.05, 0.1) is 0 Å². The molecule has 2 N–H and O–H groups in total. The van der Waals surface area contributed by atoms with Crippen LogP contribution in [0.15, 0.2) is 84.9 Å². The number of rotatable bonds is 9. The number of ether oxygens (including phenoxy) is 1. The van der Waals surface area contributed by atoms with Crippen molar-refractivity contribution in [2.24, 2.45) is 5.92 Å². The first-order valence-corrected chi connectivity index (χ1v) is 9.32. The van der Waals surface area contributed by atoms with Crippen molar-refractivity contribution in [3.8, 4) is 11.5 Å². The first-order chi connectivity index (χ1) is 14.5. The van der Waals surface area contributed by atoms with Gasteiger partial charge in [-0.25, -0.2) is 0 Å². The molecule has 0 saturated heterocycles. The molecule has 0 aromatic heterocycles. The van der Waals surface area contributed by atoms with Crippen molar-refractivity contribution < 1.29 is 29.3 Å². The molecule has 0 heterocycles. The number of carboxylic acid groups (broad SMARTS) is 2. The molecule has 0 bridgehead atoms. The van der Waals surface area contributed by atoms with Gasteiger partial charge in [-0.15, -0.1) is 0 Å². The highest BCUT2D eigenvalue weighted by atomic mass is 16.5. The van der Waals surface area contributed by atoms with Gasteiger partial charge in [-0.05, 0) is 42.0 Å². The highest BCUT2D eigenvalue weighted by Gasteiger charge is 2.37. The third kappa shape index (κ3) is 5.11. The van der Waals surface area contributed by atoms with Crippen LogP contribution in [-0.4, -0.2) is 27.9 Å². The van der Waals surface area contributed by atoms with Crippen LogP contribution in [0.4, 0.5) is 0 Å². The smallest absolute Gasteiger partial charge is 0.318 e. The van der Waals surface area contributed by atoms with Gasteiger partial charge in [-0.3, -0.25) is 14.4 Å². The van der Waals surface area contributed by atoms with E-state index < -0.39 is 23.8 Å². The van der Waals surface area contributed by atoms with Crippen molar-refractivity contribution in [3.05, 3.63) is 96.1 Å². The fourth-order valence-electron chi connectivity index (χ4n) is 3.23. The number of carbonyl (C=O) groups excluding carboxylic acids is 1. The molecule has 30 heavy (non-hydrogen) atoms. The molecular weight excluding hydrogens is 384 g/mol. The SMILES string of the molecule is O=C(CC(c1ccccc1)C(C(=O)O)C(=O)O)c1ccc(Oc2ccccc2)cc1. The fourth-order valence-corrected chi connectivity index (χ4v) is 3.23. The number of aliphatic carboxylic acids is 2. The lowest BCUT2D eigenvalue weighted by Gasteiger charge is -2.21. The van der Waals surface area contributed by atoms with Gasteiger partial charge in [-0.2, -0.15) is 0 Å². The van der Waals surface area contributed by atoms with Crippen molar-refractivity contribution >= 4 is 17.7 Å². The predicted molar refractivity (Wildman–Crippen MR) is 110 cm³/mol. The first kappa shape index (κ1) is 20.8. The van der Waals surface area contributed by atoms with Crippen LogP contribution in [-0.2, 0) is 9.59 Å². The topological polar surface area (TPSA) is 101 Å².